The molecule has 1 saturated carbocycles. The van der Waals surface area contributed by atoms with Gasteiger partial charge in [-0.15, -0.1) is 0 Å². The summed E-state index contributed by atoms with van der Waals surface area (Å²) < 4.78 is 6.43. The van der Waals surface area contributed by atoms with Gasteiger partial charge in [0, 0.05) is 50.0 Å². The number of fused-ring (bicyclic) bond motifs is 5. The summed E-state index contributed by atoms with van der Waals surface area (Å²) in [4.78, 5) is 33.1. The Morgan fingerprint density at radius 3 is 2.15 bits per heavy atom. The van der Waals surface area contributed by atoms with Crippen molar-refractivity contribution >= 4 is 29.1 Å². The first-order valence-corrected chi connectivity index (χ1v) is 15.8. The molecule has 0 radical (unpaired) electrons. The van der Waals surface area contributed by atoms with E-state index in [-0.39, 0.29) is 41.6 Å². The number of hydrogen-bond donors (Lipinski definition) is 0. The summed E-state index contributed by atoms with van der Waals surface area (Å²) in [6, 6.07) is 8.05. The number of allylic oxidation sites excluding steroid dienone is 2. The van der Waals surface area contributed by atoms with Gasteiger partial charge in [0.25, 0.3) is 0 Å². The number of rotatable bonds is 15. The van der Waals surface area contributed by atoms with Gasteiger partial charge in [0.1, 0.15) is 0 Å². The lowest BCUT2D eigenvalue weighted by Gasteiger charge is -2.38. The molecule has 2 saturated heterocycles. The van der Waals surface area contributed by atoms with Crippen molar-refractivity contribution < 1.29 is 14.3 Å². The molecule has 0 N–H and O–H groups in total. The van der Waals surface area contributed by atoms with Crippen molar-refractivity contribution in [2.24, 2.45) is 23.7 Å². The van der Waals surface area contributed by atoms with Crippen molar-refractivity contribution in [2.45, 2.75) is 70.8 Å². The van der Waals surface area contributed by atoms with Crippen LogP contribution in [0.5, 0.6) is 0 Å². The first-order chi connectivity index (χ1) is 19.0. The molecule has 6 nitrogen and oxygen atoms in total. The molecule has 2 aliphatic heterocycles. The summed E-state index contributed by atoms with van der Waals surface area (Å²) in [7, 11) is 0. The quantitative estimate of drug-likeness (QED) is 0.156. The summed E-state index contributed by atoms with van der Waals surface area (Å²) in [6.45, 7) is 7.77. The van der Waals surface area contributed by atoms with Crippen LogP contribution in [0.1, 0.15) is 64.7 Å². The van der Waals surface area contributed by atoms with Crippen LogP contribution in [0.2, 0.25) is 5.02 Å². The van der Waals surface area contributed by atoms with Crippen molar-refractivity contribution in [3.8, 4) is 0 Å². The molecule has 2 heterocycles. The summed E-state index contributed by atoms with van der Waals surface area (Å²) in [6.07, 6.45) is 15.2. The highest BCUT2D eigenvalue weighted by Gasteiger charge is 2.59. The van der Waals surface area contributed by atoms with E-state index in [1.807, 2.05) is 18.2 Å². The van der Waals surface area contributed by atoms with E-state index in [0.29, 0.717) is 13.2 Å². The van der Waals surface area contributed by atoms with Gasteiger partial charge in [-0.2, -0.15) is 0 Å². The third-order valence-corrected chi connectivity index (χ3v) is 9.54. The van der Waals surface area contributed by atoms with E-state index in [4.69, 9.17) is 16.3 Å². The molecule has 3 unspecified atom stereocenters. The number of hydrogen-bond acceptors (Lipinski definition) is 5. The zero-order valence-electron chi connectivity index (χ0n) is 23.6. The molecule has 2 amide bonds. The van der Waals surface area contributed by atoms with Gasteiger partial charge in [-0.25, -0.2) is 0 Å². The Bertz CT molecular complexity index is 978. The molecule has 5 atom stereocenters. The van der Waals surface area contributed by atoms with Crippen LogP contribution >= 0.6 is 11.6 Å². The maximum Gasteiger partial charge on any atom is 0.233 e. The van der Waals surface area contributed by atoms with Gasteiger partial charge in [0.2, 0.25) is 11.8 Å². The lowest BCUT2D eigenvalue weighted by atomic mass is 9.85. The van der Waals surface area contributed by atoms with E-state index in [0.717, 1.165) is 56.3 Å². The zero-order valence-corrected chi connectivity index (χ0v) is 24.4. The molecule has 2 aliphatic carbocycles. The number of unbranched alkanes of at least 4 members (excludes halogenated alkanes) is 7. The number of anilines is 1. The summed E-state index contributed by atoms with van der Waals surface area (Å²) in [5.74, 6) is 0.293. The Morgan fingerprint density at radius 2 is 1.51 bits per heavy atom. The fourth-order valence-corrected chi connectivity index (χ4v) is 7.33. The fraction of sp³-hybridized carbons (Fsp3) is 0.688. The largest absolute Gasteiger partial charge is 0.375 e. The van der Waals surface area contributed by atoms with Crippen LogP contribution in [0.15, 0.2) is 36.4 Å². The average molecular weight is 556 g/mol. The standard InChI is InChI=1S/C32H46ClN3O3/c1-2-3-4-5-6-7-8-9-19-39-28(22-34-15-17-35(18-16-34)27-12-10-11-26(33)21-27)23-36-31(37)29-24-13-14-25(20-24)30(29)32(36)38/h10-14,21,24-25,28-30H,2-9,15-20,22-23H2,1H3/t24-,25?,28?,29-,30?/m0/s1. The third-order valence-electron chi connectivity index (χ3n) is 9.31. The molecule has 7 heteroatoms. The summed E-state index contributed by atoms with van der Waals surface area (Å²) >= 11 is 6.21. The second-order valence-electron chi connectivity index (χ2n) is 12.0. The van der Waals surface area contributed by atoms with Crippen LogP contribution in [0.25, 0.3) is 0 Å². The molecule has 5 rings (SSSR count). The highest BCUT2D eigenvalue weighted by atomic mass is 35.5. The van der Waals surface area contributed by atoms with Crippen LogP contribution < -0.4 is 4.90 Å². The summed E-state index contributed by atoms with van der Waals surface area (Å²) in [5, 5.41) is 0.762. The number of carbonyl (C=O) groups is 2. The molecule has 4 aliphatic rings. The van der Waals surface area contributed by atoms with Crippen molar-refractivity contribution in [3.05, 3.63) is 41.4 Å². The maximum absolute atomic E-state index is 13.4. The molecule has 1 aromatic carbocycles. The molecule has 0 spiro atoms. The number of amides is 2. The van der Waals surface area contributed by atoms with Gasteiger partial charge < -0.3 is 9.64 Å². The highest BCUT2D eigenvalue weighted by molar-refractivity contribution is 6.30. The Kier molecular flexibility index (Phi) is 10.0. The van der Waals surface area contributed by atoms with Crippen LogP contribution in [0.3, 0.4) is 0 Å². The molecule has 2 bridgehead atoms. The number of ether oxygens (including phenoxy) is 1. The van der Waals surface area contributed by atoms with E-state index in [1.165, 1.54) is 44.9 Å². The lowest BCUT2D eigenvalue weighted by molar-refractivity contribution is -0.143. The predicted octanol–water partition coefficient (Wildman–Crippen LogP) is 5.80. The van der Waals surface area contributed by atoms with Crippen molar-refractivity contribution in [1.82, 2.24) is 9.80 Å². The predicted molar refractivity (Wildman–Crippen MR) is 157 cm³/mol. The van der Waals surface area contributed by atoms with Crippen LogP contribution in [-0.4, -0.2) is 73.6 Å². The van der Waals surface area contributed by atoms with E-state index in [1.54, 1.807) is 4.90 Å². The number of imide groups is 1. The van der Waals surface area contributed by atoms with Crippen molar-refractivity contribution in [3.63, 3.8) is 0 Å². The molecular weight excluding hydrogens is 510 g/mol. The summed E-state index contributed by atoms with van der Waals surface area (Å²) in [5.41, 5.74) is 1.16. The number of halogens is 1. The molecule has 214 valence electrons. The van der Waals surface area contributed by atoms with E-state index in [9.17, 15) is 9.59 Å². The number of carbonyl (C=O) groups excluding carboxylic acids is 2. The van der Waals surface area contributed by atoms with Gasteiger partial charge in [-0.1, -0.05) is 81.7 Å². The molecule has 1 aromatic rings. The minimum absolute atomic E-state index is 0.0355. The minimum atomic E-state index is -0.149. The Labute approximate surface area is 239 Å². The van der Waals surface area contributed by atoms with E-state index in [2.05, 4.69) is 34.9 Å². The number of benzene rings is 1. The number of likely N-dealkylation sites (tertiary alicyclic amines) is 1. The van der Waals surface area contributed by atoms with Crippen LogP contribution in [-0.2, 0) is 14.3 Å². The van der Waals surface area contributed by atoms with Gasteiger partial charge in [0.15, 0.2) is 0 Å². The first-order valence-electron chi connectivity index (χ1n) is 15.4. The topological polar surface area (TPSA) is 53.1 Å². The SMILES string of the molecule is CCCCCCCCCCOC(CN1CCN(c2cccc(Cl)c2)CC1)CN1C(=O)C2C3C=C[C@@H](C3)[C@@H]2C1=O. The Morgan fingerprint density at radius 1 is 0.872 bits per heavy atom. The Hall–Kier alpha value is -1.89. The average Bonchev–Trinajstić information content (AvgIpc) is 3.63. The second kappa shape index (κ2) is 13.6. The third kappa shape index (κ3) is 6.89. The van der Waals surface area contributed by atoms with Gasteiger partial charge >= 0.3 is 0 Å². The van der Waals surface area contributed by atoms with Gasteiger partial charge in [-0.05, 0) is 42.9 Å². The van der Waals surface area contributed by atoms with Gasteiger partial charge in [0.05, 0.1) is 24.5 Å². The van der Waals surface area contributed by atoms with Crippen molar-refractivity contribution in [1.29, 1.82) is 0 Å². The van der Waals surface area contributed by atoms with Crippen molar-refractivity contribution in [2.75, 3.05) is 50.8 Å². The molecule has 39 heavy (non-hydrogen) atoms. The van der Waals surface area contributed by atoms with E-state index < -0.39 is 0 Å². The van der Waals surface area contributed by atoms with E-state index >= 15 is 0 Å². The van der Waals surface area contributed by atoms with Crippen LogP contribution in [0, 0.1) is 23.7 Å². The molecule has 3 fully saturated rings. The lowest BCUT2D eigenvalue weighted by Crippen LogP contribution is -2.51. The molecule has 0 aromatic heterocycles. The zero-order chi connectivity index (χ0) is 27.2. The Balaban J connectivity index is 1.13. The fourth-order valence-electron chi connectivity index (χ4n) is 7.15. The monoisotopic (exact) mass is 555 g/mol. The van der Waals surface area contributed by atoms with Gasteiger partial charge in [-0.3, -0.25) is 19.4 Å². The second-order valence-corrected chi connectivity index (χ2v) is 12.5. The van der Waals surface area contributed by atoms with Crippen LogP contribution in [0.4, 0.5) is 5.69 Å². The normalized spacial score (nSPS) is 27.1. The number of piperazine rings is 1. The highest BCUT2D eigenvalue weighted by Crippen LogP contribution is 2.52. The smallest absolute Gasteiger partial charge is 0.233 e. The molecular formula is C32H46ClN3O3. The maximum atomic E-state index is 13.4. The minimum Gasteiger partial charge on any atom is -0.375 e. The first kappa shape index (κ1) is 28.6. The number of nitrogens with zero attached hydrogens (tertiary/aromatic N) is 3.